The summed E-state index contributed by atoms with van der Waals surface area (Å²) >= 11 is 0. The zero-order valence-electron chi connectivity index (χ0n) is 11.7. The lowest BCUT2D eigenvalue weighted by atomic mass is 9.86. The molecule has 0 saturated carbocycles. The molecular weight excluding hydrogens is 220 g/mol. The van der Waals surface area contributed by atoms with Gasteiger partial charge in [0, 0.05) is 31.7 Å². The number of aromatic nitrogens is 1. The monoisotopic (exact) mass is 242 g/mol. The zero-order chi connectivity index (χ0) is 13.2. The quantitative estimate of drug-likeness (QED) is 0.862. The Bertz CT molecular complexity index is 518. The molecule has 2 heteroatoms. The molecule has 0 spiro atoms. The largest absolute Gasteiger partial charge is 0.381 e. The van der Waals surface area contributed by atoms with Crippen molar-refractivity contribution in [3.8, 4) is 0 Å². The van der Waals surface area contributed by atoms with Crippen molar-refractivity contribution in [3.05, 3.63) is 53.9 Å². The lowest BCUT2D eigenvalue weighted by Crippen LogP contribution is -2.14. The minimum atomic E-state index is 0.167. The van der Waals surface area contributed by atoms with Crippen molar-refractivity contribution < 1.29 is 0 Å². The van der Waals surface area contributed by atoms with E-state index in [2.05, 4.69) is 73.4 Å². The topological polar surface area (TPSA) is 17.0 Å². The molecule has 0 saturated heterocycles. The van der Waals surface area contributed by atoms with Crippen LogP contribution in [0.1, 0.15) is 31.9 Å². The van der Waals surface area contributed by atoms with Gasteiger partial charge in [0.15, 0.2) is 0 Å². The van der Waals surface area contributed by atoms with Gasteiger partial charge in [0.2, 0.25) is 0 Å². The molecule has 18 heavy (non-hydrogen) atoms. The number of nitrogens with one attached hydrogen (secondary N) is 1. The molecule has 1 aromatic heterocycles. The summed E-state index contributed by atoms with van der Waals surface area (Å²) in [4.78, 5) is 0. The molecule has 0 radical (unpaired) electrons. The molecule has 1 heterocycles. The SMILES string of the molecule is Cn1ccc(CNc2ccccc2C(C)(C)C)c1. The molecule has 0 aliphatic carbocycles. The van der Waals surface area contributed by atoms with E-state index in [0.29, 0.717) is 0 Å². The van der Waals surface area contributed by atoms with Gasteiger partial charge in [-0.25, -0.2) is 0 Å². The van der Waals surface area contributed by atoms with E-state index in [4.69, 9.17) is 0 Å². The van der Waals surface area contributed by atoms with Crippen LogP contribution in [0.2, 0.25) is 0 Å². The van der Waals surface area contributed by atoms with Gasteiger partial charge in [-0.1, -0.05) is 39.0 Å². The van der Waals surface area contributed by atoms with Crippen molar-refractivity contribution in [1.29, 1.82) is 0 Å². The number of rotatable bonds is 3. The van der Waals surface area contributed by atoms with Crippen LogP contribution in [-0.4, -0.2) is 4.57 Å². The maximum absolute atomic E-state index is 3.54. The minimum absolute atomic E-state index is 0.167. The van der Waals surface area contributed by atoms with Crippen molar-refractivity contribution >= 4 is 5.69 Å². The predicted molar refractivity (Wildman–Crippen MR) is 77.9 cm³/mol. The summed E-state index contributed by atoms with van der Waals surface area (Å²) in [6.07, 6.45) is 4.22. The molecular formula is C16H22N2. The first-order chi connectivity index (χ1) is 8.47. The van der Waals surface area contributed by atoms with Gasteiger partial charge in [0.25, 0.3) is 0 Å². The van der Waals surface area contributed by atoms with Crippen LogP contribution in [0.25, 0.3) is 0 Å². The molecule has 0 bridgehead atoms. The summed E-state index contributed by atoms with van der Waals surface area (Å²) in [5.41, 5.74) is 4.07. The number of anilines is 1. The van der Waals surface area contributed by atoms with Crippen LogP contribution in [0, 0.1) is 0 Å². The Kier molecular flexibility index (Phi) is 3.46. The van der Waals surface area contributed by atoms with E-state index in [1.807, 2.05) is 7.05 Å². The minimum Gasteiger partial charge on any atom is -0.381 e. The van der Waals surface area contributed by atoms with E-state index in [-0.39, 0.29) is 5.41 Å². The third-order valence-electron chi connectivity index (χ3n) is 3.11. The number of nitrogens with zero attached hydrogens (tertiary/aromatic N) is 1. The second-order valence-electron chi connectivity index (χ2n) is 5.83. The molecule has 0 fully saturated rings. The highest BCUT2D eigenvalue weighted by atomic mass is 14.9. The Balaban J connectivity index is 2.14. The van der Waals surface area contributed by atoms with E-state index >= 15 is 0 Å². The Morgan fingerprint density at radius 3 is 2.44 bits per heavy atom. The van der Waals surface area contributed by atoms with E-state index in [9.17, 15) is 0 Å². The molecule has 0 aliphatic rings. The molecule has 1 N–H and O–H groups in total. The van der Waals surface area contributed by atoms with Crippen LogP contribution >= 0.6 is 0 Å². The zero-order valence-corrected chi connectivity index (χ0v) is 11.7. The van der Waals surface area contributed by atoms with Crippen LogP contribution in [0.3, 0.4) is 0 Å². The summed E-state index contributed by atoms with van der Waals surface area (Å²) in [5.74, 6) is 0. The van der Waals surface area contributed by atoms with Gasteiger partial charge in [-0.2, -0.15) is 0 Å². The van der Waals surface area contributed by atoms with Gasteiger partial charge in [0.1, 0.15) is 0 Å². The third-order valence-corrected chi connectivity index (χ3v) is 3.11. The van der Waals surface area contributed by atoms with Gasteiger partial charge in [0.05, 0.1) is 0 Å². The van der Waals surface area contributed by atoms with Gasteiger partial charge >= 0.3 is 0 Å². The highest BCUT2D eigenvalue weighted by Crippen LogP contribution is 2.29. The second-order valence-corrected chi connectivity index (χ2v) is 5.83. The first-order valence-corrected chi connectivity index (χ1v) is 6.41. The molecule has 1 aromatic carbocycles. The smallest absolute Gasteiger partial charge is 0.0415 e. The third kappa shape index (κ3) is 2.95. The highest BCUT2D eigenvalue weighted by molar-refractivity contribution is 5.54. The standard InChI is InChI=1S/C16H22N2/c1-16(2,3)14-7-5-6-8-15(14)17-11-13-9-10-18(4)12-13/h5-10,12,17H,11H2,1-4H3. The number of para-hydroxylation sites is 1. The molecule has 2 nitrogen and oxygen atoms in total. The van der Waals surface area contributed by atoms with Crippen molar-refractivity contribution in [2.75, 3.05) is 5.32 Å². The first-order valence-electron chi connectivity index (χ1n) is 6.41. The van der Waals surface area contributed by atoms with Crippen LogP contribution in [-0.2, 0) is 19.0 Å². The average molecular weight is 242 g/mol. The maximum atomic E-state index is 3.54. The molecule has 2 aromatic rings. The van der Waals surface area contributed by atoms with Crippen LogP contribution < -0.4 is 5.32 Å². The molecule has 0 amide bonds. The highest BCUT2D eigenvalue weighted by Gasteiger charge is 2.16. The van der Waals surface area contributed by atoms with E-state index < -0.39 is 0 Å². The van der Waals surface area contributed by atoms with Crippen molar-refractivity contribution in [1.82, 2.24) is 4.57 Å². The van der Waals surface area contributed by atoms with Gasteiger partial charge in [-0.3, -0.25) is 0 Å². The molecule has 0 aliphatic heterocycles. The summed E-state index contributed by atoms with van der Waals surface area (Å²) in [6.45, 7) is 7.61. The van der Waals surface area contributed by atoms with Crippen molar-refractivity contribution in [2.45, 2.75) is 32.7 Å². The van der Waals surface area contributed by atoms with E-state index in [1.54, 1.807) is 0 Å². The fourth-order valence-corrected chi connectivity index (χ4v) is 2.15. The predicted octanol–water partition coefficient (Wildman–Crippen LogP) is 3.93. The fraction of sp³-hybridized carbons (Fsp3) is 0.375. The van der Waals surface area contributed by atoms with Crippen molar-refractivity contribution in [2.24, 2.45) is 7.05 Å². The average Bonchev–Trinajstić information content (AvgIpc) is 2.72. The van der Waals surface area contributed by atoms with Crippen LogP contribution in [0.15, 0.2) is 42.7 Å². The van der Waals surface area contributed by atoms with Crippen molar-refractivity contribution in [3.63, 3.8) is 0 Å². The summed E-state index contributed by atoms with van der Waals surface area (Å²) < 4.78 is 2.08. The van der Waals surface area contributed by atoms with E-state index in [1.165, 1.54) is 16.8 Å². The van der Waals surface area contributed by atoms with Gasteiger partial charge in [-0.05, 0) is 28.7 Å². The summed E-state index contributed by atoms with van der Waals surface area (Å²) in [7, 11) is 2.05. The molecule has 0 atom stereocenters. The van der Waals surface area contributed by atoms with Gasteiger partial charge < -0.3 is 9.88 Å². The maximum Gasteiger partial charge on any atom is 0.0415 e. The first kappa shape index (κ1) is 12.7. The Morgan fingerprint density at radius 2 is 1.83 bits per heavy atom. The molecule has 2 rings (SSSR count). The van der Waals surface area contributed by atoms with Gasteiger partial charge in [-0.15, -0.1) is 0 Å². The lowest BCUT2D eigenvalue weighted by Gasteiger charge is -2.23. The second kappa shape index (κ2) is 4.89. The summed E-state index contributed by atoms with van der Waals surface area (Å²) in [6, 6.07) is 10.7. The molecule has 0 unspecified atom stereocenters. The lowest BCUT2D eigenvalue weighted by molar-refractivity contribution is 0.591. The Morgan fingerprint density at radius 1 is 1.11 bits per heavy atom. The van der Waals surface area contributed by atoms with Crippen LogP contribution in [0.4, 0.5) is 5.69 Å². The van der Waals surface area contributed by atoms with E-state index in [0.717, 1.165) is 6.54 Å². The number of benzene rings is 1. The fourth-order valence-electron chi connectivity index (χ4n) is 2.15. The Labute approximate surface area is 110 Å². The summed E-state index contributed by atoms with van der Waals surface area (Å²) in [5, 5.41) is 3.54. The van der Waals surface area contributed by atoms with Crippen LogP contribution in [0.5, 0.6) is 0 Å². The molecule has 96 valence electrons. The Hall–Kier alpha value is -1.70. The number of hydrogen-bond donors (Lipinski definition) is 1. The number of aryl methyl sites for hydroxylation is 1. The number of hydrogen-bond acceptors (Lipinski definition) is 1. The normalized spacial score (nSPS) is 11.6.